The molecule has 1 aromatic carbocycles. The van der Waals surface area contributed by atoms with Crippen LogP contribution >= 0.6 is 0 Å². The van der Waals surface area contributed by atoms with Crippen LogP contribution in [0.1, 0.15) is 51.0 Å². The molecular formula is C17H28N2O2. The maximum atomic E-state index is 11.8. The number of nitrogens with two attached hydrogens (primary N) is 1. The summed E-state index contributed by atoms with van der Waals surface area (Å²) < 4.78 is 5.49. The Bertz CT molecular complexity index is 408. The van der Waals surface area contributed by atoms with Crippen molar-refractivity contribution in [2.24, 2.45) is 5.73 Å². The van der Waals surface area contributed by atoms with Gasteiger partial charge in [-0.25, -0.2) is 0 Å². The Morgan fingerprint density at radius 1 is 1.19 bits per heavy atom. The van der Waals surface area contributed by atoms with Gasteiger partial charge in [-0.05, 0) is 24.1 Å². The number of carbonyl (C=O) groups is 1. The summed E-state index contributed by atoms with van der Waals surface area (Å²) in [5.41, 5.74) is 7.38. The molecule has 0 bridgehead atoms. The lowest BCUT2D eigenvalue weighted by Gasteiger charge is -2.07. The topological polar surface area (TPSA) is 64.3 Å². The molecule has 0 aromatic heterocycles. The first kappa shape index (κ1) is 17.7. The maximum Gasteiger partial charge on any atom is 0.226 e. The first-order chi connectivity index (χ1) is 10.3. The fourth-order valence-electron chi connectivity index (χ4n) is 2.07. The number of nitrogens with one attached hydrogen (secondary N) is 1. The van der Waals surface area contributed by atoms with Crippen LogP contribution in [0.15, 0.2) is 24.3 Å². The van der Waals surface area contributed by atoms with Gasteiger partial charge in [0.2, 0.25) is 5.91 Å². The zero-order valence-electron chi connectivity index (χ0n) is 13.1. The predicted molar refractivity (Wildman–Crippen MR) is 87.2 cm³/mol. The number of ether oxygens (including phenoxy) is 1. The number of unbranched alkanes of at least 4 members (excludes halogenated alkanes) is 4. The smallest absolute Gasteiger partial charge is 0.226 e. The lowest BCUT2D eigenvalue weighted by atomic mass is 10.2. The highest BCUT2D eigenvalue weighted by Gasteiger charge is 2.02. The standard InChI is InChI=1S/C17H28N2O2/c1-2-3-4-5-6-11-21-12-10-17(20)19-16-9-7-8-15(13-16)14-18/h7-9,13H,2-6,10-12,14,18H2,1H3,(H,19,20). The van der Waals surface area contributed by atoms with Crippen LogP contribution in [-0.2, 0) is 16.1 Å². The number of benzene rings is 1. The summed E-state index contributed by atoms with van der Waals surface area (Å²) >= 11 is 0. The van der Waals surface area contributed by atoms with Gasteiger partial charge in [-0.3, -0.25) is 4.79 Å². The van der Waals surface area contributed by atoms with E-state index in [0.29, 0.717) is 19.6 Å². The van der Waals surface area contributed by atoms with E-state index in [1.807, 2.05) is 24.3 Å². The van der Waals surface area contributed by atoms with Gasteiger partial charge in [0.25, 0.3) is 0 Å². The van der Waals surface area contributed by atoms with Gasteiger partial charge in [0.1, 0.15) is 0 Å². The lowest BCUT2D eigenvalue weighted by Crippen LogP contribution is -2.14. The highest BCUT2D eigenvalue weighted by molar-refractivity contribution is 5.90. The Morgan fingerprint density at radius 2 is 2.00 bits per heavy atom. The number of amides is 1. The number of rotatable bonds is 11. The second kappa shape index (κ2) is 11.3. The average molecular weight is 292 g/mol. The summed E-state index contributed by atoms with van der Waals surface area (Å²) in [5, 5.41) is 2.86. The molecule has 0 aliphatic heterocycles. The number of anilines is 1. The second-order valence-electron chi connectivity index (χ2n) is 5.23. The van der Waals surface area contributed by atoms with Gasteiger partial charge in [0.15, 0.2) is 0 Å². The van der Waals surface area contributed by atoms with Crippen molar-refractivity contribution in [1.29, 1.82) is 0 Å². The minimum absolute atomic E-state index is 0.0184. The summed E-state index contributed by atoms with van der Waals surface area (Å²) in [6.07, 6.45) is 6.52. The zero-order valence-corrected chi connectivity index (χ0v) is 13.1. The Balaban J connectivity index is 2.08. The second-order valence-corrected chi connectivity index (χ2v) is 5.23. The molecule has 1 rings (SSSR count). The largest absolute Gasteiger partial charge is 0.381 e. The first-order valence-electron chi connectivity index (χ1n) is 7.93. The Labute approximate surface area is 128 Å². The van der Waals surface area contributed by atoms with Gasteiger partial charge < -0.3 is 15.8 Å². The van der Waals surface area contributed by atoms with Gasteiger partial charge in [-0.1, -0.05) is 44.7 Å². The van der Waals surface area contributed by atoms with Crippen molar-refractivity contribution in [2.75, 3.05) is 18.5 Å². The molecule has 0 unspecified atom stereocenters. The van der Waals surface area contributed by atoms with E-state index >= 15 is 0 Å². The zero-order chi connectivity index (χ0) is 15.3. The SMILES string of the molecule is CCCCCCCOCCC(=O)Nc1cccc(CN)c1. The summed E-state index contributed by atoms with van der Waals surface area (Å²) in [6.45, 7) is 3.92. The van der Waals surface area contributed by atoms with Crippen molar-refractivity contribution in [1.82, 2.24) is 0 Å². The molecule has 21 heavy (non-hydrogen) atoms. The van der Waals surface area contributed by atoms with E-state index in [1.165, 1.54) is 25.7 Å². The highest BCUT2D eigenvalue weighted by atomic mass is 16.5. The monoisotopic (exact) mass is 292 g/mol. The van der Waals surface area contributed by atoms with Crippen molar-refractivity contribution in [3.05, 3.63) is 29.8 Å². The van der Waals surface area contributed by atoms with Crippen LogP contribution in [0.5, 0.6) is 0 Å². The van der Waals surface area contributed by atoms with E-state index in [-0.39, 0.29) is 5.91 Å². The Morgan fingerprint density at radius 3 is 2.76 bits per heavy atom. The van der Waals surface area contributed by atoms with Crippen LogP contribution < -0.4 is 11.1 Å². The third-order valence-electron chi connectivity index (χ3n) is 3.31. The molecule has 0 atom stereocenters. The van der Waals surface area contributed by atoms with Gasteiger partial charge in [0.05, 0.1) is 13.0 Å². The van der Waals surface area contributed by atoms with Crippen molar-refractivity contribution in [2.45, 2.75) is 52.0 Å². The van der Waals surface area contributed by atoms with Crippen molar-refractivity contribution >= 4 is 11.6 Å². The molecule has 0 saturated carbocycles. The Kier molecular flexibility index (Phi) is 9.49. The van der Waals surface area contributed by atoms with Gasteiger partial charge in [-0.15, -0.1) is 0 Å². The van der Waals surface area contributed by atoms with Gasteiger partial charge >= 0.3 is 0 Å². The third-order valence-corrected chi connectivity index (χ3v) is 3.31. The highest BCUT2D eigenvalue weighted by Crippen LogP contribution is 2.10. The van der Waals surface area contributed by atoms with Crippen molar-refractivity contribution in [3.8, 4) is 0 Å². The summed E-state index contributed by atoms with van der Waals surface area (Å²) in [4.78, 5) is 11.8. The fourth-order valence-corrected chi connectivity index (χ4v) is 2.07. The van der Waals surface area contributed by atoms with E-state index in [9.17, 15) is 4.79 Å². The fraction of sp³-hybridized carbons (Fsp3) is 0.588. The molecule has 118 valence electrons. The van der Waals surface area contributed by atoms with Gasteiger partial charge in [-0.2, -0.15) is 0 Å². The van der Waals surface area contributed by atoms with Crippen LogP contribution in [0.2, 0.25) is 0 Å². The number of hydrogen-bond donors (Lipinski definition) is 2. The van der Waals surface area contributed by atoms with Crippen molar-refractivity contribution in [3.63, 3.8) is 0 Å². The molecule has 4 heteroatoms. The van der Waals surface area contributed by atoms with Crippen LogP contribution in [0.4, 0.5) is 5.69 Å². The number of carbonyl (C=O) groups excluding carboxylic acids is 1. The van der Waals surface area contributed by atoms with Gasteiger partial charge in [0, 0.05) is 18.8 Å². The van der Waals surface area contributed by atoms with Crippen LogP contribution in [-0.4, -0.2) is 19.1 Å². The molecule has 0 aliphatic carbocycles. The average Bonchev–Trinajstić information content (AvgIpc) is 2.50. The van der Waals surface area contributed by atoms with Crippen LogP contribution in [0, 0.1) is 0 Å². The van der Waals surface area contributed by atoms with E-state index in [4.69, 9.17) is 10.5 Å². The molecule has 4 nitrogen and oxygen atoms in total. The molecule has 0 heterocycles. The predicted octanol–water partition coefficient (Wildman–Crippen LogP) is 3.46. The third kappa shape index (κ3) is 8.48. The van der Waals surface area contributed by atoms with E-state index in [2.05, 4.69) is 12.2 Å². The van der Waals surface area contributed by atoms with E-state index in [0.717, 1.165) is 24.3 Å². The minimum Gasteiger partial charge on any atom is -0.381 e. The molecule has 3 N–H and O–H groups in total. The first-order valence-corrected chi connectivity index (χ1v) is 7.93. The molecule has 0 fully saturated rings. The summed E-state index contributed by atoms with van der Waals surface area (Å²) in [5.74, 6) is -0.0184. The lowest BCUT2D eigenvalue weighted by molar-refractivity contribution is -0.117. The Hall–Kier alpha value is -1.39. The van der Waals surface area contributed by atoms with Crippen molar-refractivity contribution < 1.29 is 9.53 Å². The maximum absolute atomic E-state index is 11.8. The number of hydrogen-bond acceptors (Lipinski definition) is 3. The summed E-state index contributed by atoms with van der Waals surface area (Å²) in [6, 6.07) is 7.60. The normalized spacial score (nSPS) is 10.6. The van der Waals surface area contributed by atoms with Crippen LogP contribution in [0.25, 0.3) is 0 Å². The van der Waals surface area contributed by atoms with E-state index < -0.39 is 0 Å². The quantitative estimate of drug-likeness (QED) is 0.614. The molecule has 1 amide bonds. The molecule has 1 aromatic rings. The molecule has 0 aliphatic rings. The molecule has 0 spiro atoms. The molecule has 0 radical (unpaired) electrons. The van der Waals surface area contributed by atoms with E-state index in [1.54, 1.807) is 0 Å². The minimum atomic E-state index is -0.0184. The molecular weight excluding hydrogens is 264 g/mol. The summed E-state index contributed by atoms with van der Waals surface area (Å²) in [7, 11) is 0. The van der Waals surface area contributed by atoms with Crippen LogP contribution in [0.3, 0.4) is 0 Å². The molecule has 0 saturated heterocycles.